The summed E-state index contributed by atoms with van der Waals surface area (Å²) in [5.74, 6) is 0. The van der Waals surface area contributed by atoms with E-state index < -0.39 is 6.43 Å². The Balaban J connectivity index is 3.21. The molecule has 0 unspecified atom stereocenters. The lowest BCUT2D eigenvalue weighted by atomic mass is 10.1. The van der Waals surface area contributed by atoms with Crippen molar-refractivity contribution in [1.29, 1.82) is 0 Å². The van der Waals surface area contributed by atoms with E-state index in [1.807, 2.05) is 0 Å². The lowest BCUT2D eigenvalue weighted by Crippen LogP contribution is -1.89. The lowest BCUT2D eigenvalue weighted by molar-refractivity contribution is 0.150. The van der Waals surface area contributed by atoms with Crippen LogP contribution in [0.4, 0.5) is 8.78 Å². The van der Waals surface area contributed by atoms with Gasteiger partial charge in [-0.25, -0.2) is 8.78 Å². The summed E-state index contributed by atoms with van der Waals surface area (Å²) in [7, 11) is 0. The number of alkyl halides is 2. The summed E-state index contributed by atoms with van der Waals surface area (Å²) in [6, 6.07) is 5.03. The Bertz CT molecular complexity index is 238. The summed E-state index contributed by atoms with van der Waals surface area (Å²) in [6.45, 7) is 1.67. The Morgan fingerprint density at radius 3 is 2.36 bits per heavy atom. The molecular formula is C8H7BrF2. The largest absolute Gasteiger partial charge is 0.265 e. The van der Waals surface area contributed by atoms with E-state index >= 15 is 0 Å². The molecule has 1 aromatic carbocycles. The molecule has 0 aliphatic carbocycles. The highest BCUT2D eigenvalue weighted by Crippen LogP contribution is 2.29. The molecule has 0 heterocycles. The second-order valence-electron chi connectivity index (χ2n) is 2.27. The van der Waals surface area contributed by atoms with Gasteiger partial charge < -0.3 is 0 Å². The van der Waals surface area contributed by atoms with Gasteiger partial charge in [0.15, 0.2) is 0 Å². The molecule has 3 heteroatoms. The summed E-state index contributed by atoms with van der Waals surface area (Å²) in [4.78, 5) is 0. The Morgan fingerprint density at radius 1 is 1.36 bits per heavy atom. The topological polar surface area (TPSA) is 0 Å². The van der Waals surface area contributed by atoms with Gasteiger partial charge in [-0.15, -0.1) is 0 Å². The monoisotopic (exact) mass is 220 g/mol. The average Bonchev–Trinajstić information content (AvgIpc) is 1.85. The summed E-state index contributed by atoms with van der Waals surface area (Å²) in [6.07, 6.45) is -2.40. The second-order valence-corrected chi connectivity index (χ2v) is 3.13. The Labute approximate surface area is 72.4 Å². The molecule has 0 aliphatic rings. The molecule has 0 radical (unpaired) electrons. The molecule has 0 nitrogen and oxygen atoms in total. The summed E-state index contributed by atoms with van der Waals surface area (Å²) in [5.41, 5.74) is 0.710. The lowest BCUT2D eigenvalue weighted by Gasteiger charge is -2.05. The van der Waals surface area contributed by atoms with Crippen LogP contribution in [0.1, 0.15) is 17.6 Å². The van der Waals surface area contributed by atoms with Gasteiger partial charge in [0.05, 0.1) is 0 Å². The first-order valence-electron chi connectivity index (χ1n) is 3.16. The van der Waals surface area contributed by atoms with Crippen molar-refractivity contribution in [1.82, 2.24) is 0 Å². The van der Waals surface area contributed by atoms with Crippen molar-refractivity contribution in [3.63, 3.8) is 0 Å². The third-order valence-corrected chi connectivity index (χ3v) is 2.18. The van der Waals surface area contributed by atoms with Crippen LogP contribution in [0.15, 0.2) is 22.7 Å². The highest BCUT2D eigenvalue weighted by Gasteiger charge is 2.12. The SMILES string of the molecule is Cc1cccc(Br)c1C(F)F. The van der Waals surface area contributed by atoms with E-state index in [1.54, 1.807) is 25.1 Å². The quantitative estimate of drug-likeness (QED) is 0.678. The molecule has 0 N–H and O–H groups in total. The van der Waals surface area contributed by atoms with E-state index in [0.29, 0.717) is 10.0 Å². The number of hydrogen-bond donors (Lipinski definition) is 0. The van der Waals surface area contributed by atoms with E-state index in [-0.39, 0.29) is 5.56 Å². The molecule has 60 valence electrons. The van der Waals surface area contributed by atoms with Crippen LogP contribution in [0.2, 0.25) is 0 Å². The van der Waals surface area contributed by atoms with Crippen molar-refractivity contribution in [2.45, 2.75) is 13.3 Å². The van der Waals surface area contributed by atoms with Crippen molar-refractivity contribution in [3.05, 3.63) is 33.8 Å². The van der Waals surface area contributed by atoms with Crippen molar-refractivity contribution in [3.8, 4) is 0 Å². The van der Waals surface area contributed by atoms with Crippen LogP contribution >= 0.6 is 15.9 Å². The van der Waals surface area contributed by atoms with Gasteiger partial charge in [-0.05, 0) is 18.6 Å². The van der Waals surface area contributed by atoms with Gasteiger partial charge in [0, 0.05) is 10.0 Å². The van der Waals surface area contributed by atoms with Crippen LogP contribution in [-0.4, -0.2) is 0 Å². The highest BCUT2D eigenvalue weighted by molar-refractivity contribution is 9.10. The zero-order chi connectivity index (χ0) is 8.43. The molecule has 0 aromatic heterocycles. The molecule has 0 atom stereocenters. The molecule has 1 aromatic rings. The molecule has 0 fully saturated rings. The minimum atomic E-state index is -2.40. The molecule has 0 amide bonds. The maximum atomic E-state index is 12.3. The Hall–Kier alpha value is -0.440. The molecule has 1 rings (SSSR count). The van der Waals surface area contributed by atoms with Crippen LogP contribution in [0.3, 0.4) is 0 Å². The molecule has 0 aliphatic heterocycles. The van der Waals surface area contributed by atoms with Crippen molar-refractivity contribution in [2.75, 3.05) is 0 Å². The minimum Gasteiger partial charge on any atom is -0.205 e. The molecule has 0 bridgehead atoms. The fourth-order valence-electron chi connectivity index (χ4n) is 0.921. The van der Waals surface area contributed by atoms with E-state index in [1.165, 1.54) is 0 Å². The molecular weight excluding hydrogens is 214 g/mol. The number of rotatable bonds is 1. The van der Waals surface area contributed by atoms with Crippen LogP contribution in [0.5, 0.6) is 0 Å². The van der Waals surface area contributed by atoms with E-state index in [0.717, 1.165) is 0 Å². The van der Waals surface area contributed by atoms with Crippen LogP contribution < -0.4 is 0 Å². The molecule has 0 saturated heterocycles. The van der Waals surface area contributed by atoms with Crippen molar-refractivity contribution in [2.24, 2.45) is 0 Å². The maximum absolute atomic E-state index is 12.3. The van der Waals surface area contributed by atoms with Gasteiger partial charge in [0.25, 0.3) is 6.43 Å². The number of aryl methyl sites for hydroxylation is 1. The van der Waals surface area contributed by atoms with E-state index in [2.05, 4.69) is 15.9 Å². The normalized spacial score (nSPS) is 10.6. The van der Waals surface area contributed by atoms with Gasteiger partial charge in [-0.1, -0.05) is 28.1 Å². The predicted octanol–water partition coefficient (Wildman–Crippen LogP) is 3.70. The highest BCUT2D eigenvalue weighted by atomic mass is 79.9. The predicted molar refractivity (Wildman–Crippen MR) is 43.8 cm³/mol. The Kier molecular flexibility index (Phi) is 2.60. The molecule has 11 heavy (non-hydrogen) atoms. The third kappa shape index (κ3) is 1.77. The minimum absolute atomic E-state index is 0.0903. The van der Waals surface area contributed by atoms with Gasteiger partial charge in [0.2, 0.25) is 0 Å². The first-order valence-corrected chi connectivity index (χ1v) is 3.95. The number of halogens is 3. The van der Waals surface area contributed by atoms with Crippen molar-refractivity contribution >= 4 is 15.9 Å². The van der Waals surface area contributed by atoms with Crippen LogP contribution in [0, 0.1) is 6.92 Å². The smallest absolute Gasteiger partial charge is 0.205 e. The van der Waals surface area contributed by atoms with E-state index in [4.69, 9.17) is 0 Å². The van der Waals surface area contributed by atoms with Gasteiger partial charge in [0.1, 0.15) is 0 Å². The van der Waals surface area contributed by atoms with E-state index in [9.17, 15) is 8.78 Å². The summed E-state index contributed by atoms with van der Waals surface area (Å²) in [5, 5.41) is 0. The fraction of sp³-hybridized carbons (Fsp3) is 0.250. The summed E-state index contributed by atoms with van der Waals surface area (Å²) >= 11 is 3.07. The van der Waals surface area contributed by atoms with Crippen LogP contribution in [0.25, 0.3) is 0 Å². The van der Waals surface area contributed by atoms with Crippen molar-refractivity contribution < 1.29 is 8.78 Å². The number of benzene rings is 1. The second kappa shape index (κ2) is 3.30. The first-order chi connectivity index (χ1) is 5.13. The van der Waals surface area contributed by atoms with Crippen LogP contribution in [-0.2, 0) is 0 Å². The fourth-order valence-corrected chi connectivity index (χ4v) is 1.56. The van der Waals surface area contributed by atoms with Gasteiger partial charge in [-0.2, -0.15) is 0 Å². The molecule has 0 spiro atoms. The van der Waals surface area contributed by atoms with Gasteiger partial charge in [-0.3, -0.25) is 0 Å². The molecule has 0 saturated carbocycles. The summed E-state index contributed by atoms with van der Waals surface area (Å²) < 4.78 is 25.0. The first kappa shape index (κ1) is 8.65. The van der Waals surface area contributed by atoms with Gasteiger partial charge >= 0.3 is 0 Å². The number of hydrogen-bond acceptors (Lipinski definition) is 0. The average molecular weight is 221 g/mol. The maximum Gasteiger partial charge on any atom is 0.265 e. The zero-order valence-electron chi connectivity index (χ0n) is 5.94. The third-order valence-electron chi connectivity index (χ3n) is 1.49. The Morgan fingerprint density at radius 2 is 2.00 bits per heavy atom. The zero-order valence-corrected chi connectivity index (χ0v) is 7.53. The standard InChI is InChI=1S/C8H7BrF2/c1-5-3-2-4-6(9)7(5)8(10)11/h2-4,8H,1H3.